The summed E-state index contributed by atoms with van der Waals surface area (Å²) in [5, 5.41) is 7.75. The lowest BCUT2D eigenvalue weighted by molar-refractivity contribution is -0.136. The zero-order chi connectivity index (χ0) is 11.6. The third-order valence-electron chi connectivity index (χ3n) is 1.69. The van der Waals surface area contributed by atoms with E-state index in [1.54, 1.807) is 0 Å². The molecule has 82 valence electrons. The van der Waals surface area contributed by atoms with E-state index in [0.717, 1.165) is 6.20 Å². The van der Waals surface area contributed by atoms with Crippen LogP contribution in [-0.2, 0) is 11.2 Å². The lowest BCUT2D eigenvalue weighted by Crippen LogP contribution is -2.16. The van der Waals surface area contributed by atoms with E-state index in [0.29, 0.717) is 0 Å². The van der Waals surface area contributed by atoms with Crippen LogP contribution in [0.5, 0.6) is 0 Å². The average molecular weight is 238 g/mol. The minimum Gasteiger partial charge on any atom is -0.481 e. The summed E-state index contributed by atoms with van der Waals surface area (Å²) in [6, 6.07) is 0. The van der Waals surface area contributed by atoms with Crippen LogP contribution < -0.4 is 5.43 Å². The molecule has 0 aliphatic carbocycles. The zero-order valence-corrected chi connectivity index (χ0v) is 8.02. The Hall–Kier alpha value is -1.43. The minimum absolute atomic E-state index is 0.156. The molecule has 0 aliphatic heterocycles. The fourth-order valence-corrected chi connectivity index (χ4v) is 1.27. The highest BCUT2D eigenvalue weighted by molar-refractivity contribution is 6.31. The molecule has 0 unspecified atom stereocenters. The summed E-state index contributed by atoms with van der Waals surface area (Å²) >= 11 is 5.36. The molecule has 0 saturated carbocycles. The van der Waals surface area contributed by atoms with E-state index in [9.17, 15) is 18.4 Å². The largest absolute Gasteiger partial charge is 0.481 e. The van der Waals surface area contributed by atoms with Crippen molar-refractivity contribution in [2.24, 2.45) is 0 Å². The monoisotopic (exact) mass is 237 g/mol. The zero-order valence-electron chi connectivity index (χ0n) is 7.26. The first-order chi connectivity index (χ1) is 6.93. The SMILES string of the molecule is O=C(O)Cc1c[nH]c(C(F)F)c(Cl)c1=O. The summed E-state index contributed by atoms with van der Waals surface area (Å²) in [7, 11) is 0. The molecule has 7 heteroatoms. The van der Waals surface area contributed by atoms with E-state index in [4.69, 9.17) is 16.7 Å². The van der Waals surface area contributed by atoms with Gasteiger partial charge in [0.15, 0.2) is 0 Å². The smallest absolute Gasteiger partial charge is 0.308 e. The first-order valence-corrected chi connectivity index (χ1v) is 4.21. The summed E-state index contributed by atoms with van der Waals surface area (Å²) in [4.78, 5) is 23.7. The molecule has 1 rings (SSSR count). The van der Waals surface area contributed by atoms with E-state index in [-0.39, 0.29) is 5.56 Å². The molecule has 0 amide bonds. The highest BCUT2D eigenvalue weighted by Crippen LogP contribution is 2.21. The van der Waals surface area contributed by atoms with Crippen molar-refractivity contribution in [3.8, 4) is 0 Å². The maximum absolute atomic E-state index is 12.2. The van der Waals surface area contributed by atoms with Crippen LogP contribution >= 0.6 is 11.6 Å². The normalized spacial score (nSPS) is 10.7. The summed E-state index contributed by atoms with van der Waals surface area (Å²) in [6.45, 7) is 0. The summed E-state index contributed by atoms with van der Waals surface area (Å²) in [5.41, 5.74) is -1.74. The number of pyridine rings is 1. The molecule has 0 aromatic carbocycles. The number of carboxylic acid groups (broad SMARTS) is 1. The molecule has 0 spiro atoms. The van der Waals surface area contributed by atoms with Gasteiger partial charge in [-0.2, -0.15) is 0 Å². The highest BCUT2D eigenvalue weighted by atomic mass is 35.5. The molecule has 1 aromatic rings. The van der Waals surface area contributed by atoms with Crippen LogP contribution in [0.3, 0.4) is 0 Å². The first-order valence-electron chi connectivity index (χ1n) is 3.83. The maximum Gasteiger partial charge on any atom is 0.308 e. The van der Waals surface area contributed by atoms with Gasteiger partial charge in [0.05, 0.1) is 6.42 Å². The van der Waals surface area contributed by atoms with Gasteiger partial charge in [0.25, 0.3) is 6.43 Å². The average Bonchev–Trinajstić information content (AvgIpc) is 2.12. The van der Waals surface area contributed by atoms with Crippen molar-refractivity contribution in [2.75, 3.05) is 0 Å². The van der Waals surface area contributed by atoms with Crippen LogP contribution in [0, 0.1) is 0 Å². The van der Waals surface area contributed by atoms with Crippen LogP contribution in [0.4, 0.5) is 8.78 Å². The topological polar surface area (TPSA) is 70.2 Å². The molecule has 15 heavy (non-hydrogen) atoms. The number of carbonyl (C=O) groups is 1. The van der Waals surface area contributed by atoms with Gasteiger partial charge in [-0.05, 0) is 0 Å². The lowest BCUT2D eigenvalue weighted by atomic mass is 10.2. The van der Waals surface area contributed by atoms with Crippen LogP contribution in [0.1, 0.15) is 17.7 Å². The van der Waals surface area contributed by atoms with Gasteiger partial charge in [0.1, 0.15) is 10.7 Å². The predicted octanol–water partition coefficient (Wildman–Crippen LogP) is 1.59. The maximum atomic E-state index is 12.2. The third kappa shape index (κ3) is 2.53. The number of hydrogen-bond acceptors (Lipinski definition) is 2. The van der Waals surface area contributed by atoms with Crippen molar-refractivity contribution in [2.45, 2.75) is 12.8 Å². The first kappa shape index (κ1) is 11.6. The molecule has 0 fully saturated rings. The van der Waals surface area contributed by atoms with Gasteiger partial charge in [0, 0.05) is 11.8 Å². The minimum atomic E-state index is -2.90. The Bertz CT molecular complexity index is 444. The second-order valence-corrected chi connectivity index (χ2v) is 3.12. The van der Waals surface area contributed by atoms with E-state index < -0.39 is 35.0 Å². The number of aromatic amines is 1. The molecule has 0 bridgehead atoms. The Balaban J connectivity index is 3.22. The van der Waals surface area contributed by atoms with E-state index in [2.05, 4.69) is 4.98 Å². The molecule has 4 nitrogen and oxygen atoms in total. The van der Waals surface area contributed by atoms with Gasteiger partial charge in [-0.15, -0.1) is 0 Å². The van der Waals surface area contributed by atoms with Gasteiger partial charge in [-0.25, -0.2) is 8.78 Å². The van der Waals surface area contributed by atoms with Crippen molar-refractivity contribution >= 4 is 17.6 Å². The van der Waals surface area contributed by atoms with Crippen molar-refractivity contribution in [3.63, 3.8) is 0 Å². The molecule has 0 atom stereocenters. The van der Waals surface area contributed by atoms with Crippen LogP contribution in [0.15, 0.2) is 11.0 Å². The Kier molecular flexibility index (Phi) is 3.41. The Labute approximate surface area is 87.5 Å². The van der Waals surface area contributed by atoms with Gasteiger partial charge >= 0.3 is 5.97 Å². The van der Waals surface area contributed by atoms with Gasteiger partial charge in [-0.1, -0.05) is 11.6 Å². The van der Waals surface area contributed by atoms with E-state index >= 15 is 0 Å². The Morgan fingerprint density at radius 2 is 2.20 bits per heavy atom. The van der Waals surface area contributed by atoms with Crippen molar-refractivity contribution in [1.82, 2.24) is 4.98 Å². The summed E-state index contributed by atoms with van der Waals surface area (Å²) in [5.74, 6) is -1.23. The number of carboxylic acids is 1. The standard InChI is InChI=1S/C8H6ClF2NO3/c9-5-6(8(10)11)12-2-3(7(5)15)1-4(13)14/h2,8H,1H2,(H,12,15)(H,13,14). The number of rotatable bonds is 3. The number of aromatic nitrogens is 1. The fraction of sp³-hybridized carbons (Fsp3) is 0.250. The van der Waals surface area contributed by atoms with Crippen molar-refractivity contribution < 1.29 is 18.7 Å². The highest BCUT2D eigenvalue weighted by Gasteiger charge is 2.17. The van der Waals surface area contributed by atoms with Crippen molar-refractivity contribution in [1.29, 1.82) is 0 Å². The Morgan fingerprint density at radius 3 is 2.67 bits per heavy atom. The molecule has 1 heterocycles. The van der Waals surface area contributed by atoms with E-state index in [1.807, 2.05) is 0 Å². The van der Waals surface area contributed by atoms with Crippen LogP contribution in [0.2, 0.25) is 5.02 Å². The molecular formula is C8H6ClF2NO3. The summed E-state index contributed by atoms with van der Waals surface area (Å²) in [6.07, 6.45) is -2.52. The number of halogens is 3. The molecule has 0 radical (unpaired) electrons. The number of nitrogens with one attached hydrogen (secondary N) is 1. The summed E-state index contributed by atoms with van der Waals surface area (Å²) < 4.78 is 24.5. The van der Waals surface area contributed by atoms with Crippen LogP contribution in [-0.4, -0.2) is 16.1 Å². The lowest BCUT2D eigenvalue weighted by Gasteiger charge is -2.04. The van der Waals surface area contributed by atoms with Crippen LogP contribution in [0.25, 0.3) is 0 Å². The molecule has 0 saturated heterocycles. The van der Waals surface area contributed by atoms with Gasteiger partial charge in [0.2, 0.25) is 5.43 Å². The number of hydrogen-bond donors (Lipinski definition) is 2. The Morgan fingerprint density at radius 1 is 1.60 bits per heavy atom. The number of alkyl halides is 2. The molecule has 2 N–H and O–H groups in total. The second-order valence-electron chi connectivity index (χ2n) is 2.74. The number of H-pyrrole nitrogens is 1. The van der Waals surface area contributed by atoms with Gasteiger partial charge < -0.3 is 10.1 Å². The molecule has 0 aliphatic rings. The third-order valence-corrected chi connectivity index (χ3v) is 2.06. The number of aliphatic carboxylic acids is 1. The quantitative estimate of drug-likeness (QED) is 0.839. The fourth-order valence-electron chi connectivity index (χ4n) is 1.01. The van der Waals surface area contributed by atoms with Gasteiger partial charge in [-0.3, -0.25) is 9.59 Å². The molecule has 1 aromatic heterocycles. The molecular weight excluding hydrogens is 232 g/mol. The van der Waals surface area contributed by atoms with Crippen molar-refractivity contribution in [3.05, 3.63) is 32.7 Å². The second kappa shape index (κ2) is 4.39. The van der Waals surface area contributed by atoms with E-state index in [1.165, 1.54) is 0 Å². The predicted molar refractivity (Wildman–Crippen MR) is 48.4 cm³/mol.